The van der Waals surface area contributed by atoms with Gasteiger partial charge in [-0.2, -0.15) is 5.21 Å². The summed E-state index contributed by atoms with van der Waals surface area (Å²) in [6.07, 6.45) is 7.91. The largest absolute Gasteiger partial charge is 0.332 e. The first kappa shape index (κ1) is 24.7. The number of nitrogens with one attached hydrogen (secondary N) is 1. The van der Waals surface area contributed by atoms with Crippen molar-refractivity contribution >= 4 is 11.2 Å². The Balaban J connectivity index is 1.31. The number of fused-ring (bicyclic) bond motifs is 1. The first-order valence-electron chi connectivity index (χ1n) is 14.2. The quantitative estimate of drug-likeness (QED) is 0.332. The number of tetrazole rings is 1. The summed E-state index contributed by atoms with van der Waals surface area (Å²) in [5.74, 6) is 2.27. The molecule has 0 spiro atoms. The van der Waals surface area contributed by atoms with Crippen molar-refractivity contribution in [2.24, 2.45) is 13.0 Å². The zero-order chi connectivity index (χ0) is 27.2. The molecule has 0 unspecified atom stereocenters. The maximum Gasteiger partial charge on any atom is 0.332 e. The second-order valence-corrected chi connectivity index (χ2v) is 11.2. The molecule has 3 heterocycles. The van der Waals surface area contributed by atoms with E-state index in [0.29, 0.717) is 36.0 Å². The van der Waals surface area contributed by atoms with Crippen LogP contribution in [-0.2, 0) is 20.1 Å². The van der Waals surface area contributed by atoms with E-state index in [1.165, 1.54) is 11.0 Å². The van der Waals surface area contributed by atoms with Gasteiger partial charge >= 0.3 is 5.69 Å². The molecule has 5 aromatic rings. The molecule has 2 aromatic carbocycles. The number of benzene rings is 2. The van der Waals surface area contributed by atoms with E-state index in [1.807, 2.05) is 24.3 Å². The summed E-state index contributed by atoms with van der Waals surface area (Å²) in [5, 5.41) is 14.6. The Morgan fingerprint density at radius 2 is 1.65 bits per heavy atom. The van der Waals surface area contributed by atoms with Crippen LogP contribution in [0, 0.1) is 5.92 Å². The van der Waals surface area contributed by atoms with Crippen LogP contribution in [0.1, 0.15) is 62.3 Å². The highest BCUT2D eigenvalue weighted by Crippen LogP contribution is 2.35. The summed E-state index contributed by atoms with van der Waals surface area (Å²) in [6.45, 7) is 1.14. The Kier molecular flexibility index (Phi) is 6.17. The molecule has 204 valence electrons. The van der Waals surface area contributed by atoms with Crippen LogP contribution < -0.4 is 11.2 Å². The summed E-state index contributed by atoms with van der Waals surface area (Å²) in [4.78, 5) is 31.8. The lowest BCUT2D eigenvalue weighted by molar-refractivity contribution is 0.419. The third-order valence-electron chi connectivity index (χ3n) is 8.49. The molecule has 7 rings (SSSR count). The summed E-state index contributed by atoms with van der Waals surface area (Å²) in [6, 6.07) is 16.4. The predicted molar refractivity (Wildman–Crippen MR) is 152 cm³/mol. The third kappa shape index (κ3) is 4.37. The predicted octanol–water partition coefficient (Wildman–Crippen LogP) is 4.25. The minimum absolute atomic E-state index is 0.270. The van der Waals surface area contributed by atoms with Gasteiger partial charge in [0.1, 0.15) is 5.82 Å². The van der Waals surface area contributed by atoms with Gasteiger partial charge in [-0.1, -0.05) is 67.8 Å². The number of imidazole rings is 1. The molecule has 0 bridgehead atoms. The van der Waals surface area contributed by atoms with Crippen LogP contribution in [-0.4, -0.2) is 39.3 Å². The number of nitrogens with zero attached hydrogens (tertiary/aromatic N) is 7. The molecule has 0 amide bonds. The fraction of sp³-hybridized carbons (Fsp3) is 0.400. The van der Waals surface area contributed by atoms with Crippen molar-refractivity contribution in [3.8, 4) is 22.5 Å². The molecule has 0 aliphatic heterocycles. The minimum atomic E-state index is -0.271. The Hall–Kier alpha value is -4.34. The zero-order valence-corrected chi connectivity index (χ0v) is 22.6. The highest BCUT2D eigenvalue weighted by Gasteiger charge is 2.29. The van der Waals surface area contributed by atoms with Crippen LogP contribution in [0.5, 0.6) is 0 Å². The van der Waals surface area contributed by atoms with E-state index in [2.05, 4.69) is 49.5 Å². The first-order valence-corrected chi connectivity index (χ1v) is 14.2. The normalized spacial score (nSPS) is 16.1. The van der Waals surface area contributed by atoms with Gasteiger partial charge in [0, 0.05) is 31.6 Å². The molecule has 2 saturated carbocycles. The van der Waals surface area contributed by atoms with Crippen molar-refractivity contribution in [2.75, 3.05) is 0 Å². The van der Waals surface area contributed by atoms with Gasteiger partial charge in [0.2, 0.25) is 5.82 Å². The van der Waals surface area contributed by atoms with E-state index in [1.54, 1.807) is 11.6 Å². The van der Waals surface area contributed by atoms with Crippen molar-refractivity contribution in [3.05, 3.63) is 80.8 Å². The highest BCUT2D eigenvalue weighted by atomic mass is 16.2. The van der Waals surface area contributed by atoms with Gasteiger partial charge in [-0.3, -0.25) is 13.9 Å². The lowest BCUT2D eigenvalue weighted by Crippen LogP contribution is -2.39. The van der Waals surface area contributed by atoms with Crippen LogP contribution in [0.2, 0.25) is 0 Å². The summed E-state index contributed by atoms with van der Waals surface area (Å²) in [5.41, 5.74) is 4.58. The fourth-order valence-electron chi connectivity index (χ4n) is 6.11. The highest BCUT2D eigenvalue weighted by molar-refractivity contribution is 5.80. The number of rotatable bonds is 7. The molecule has 0 atom stereocenters. The first-order chi connectivity index (χ1) is 19.6. The van der Waals surface area contributed by atoms with Crippen molar-refractivity contribution in [1.82, 2.24) is 39.3 Å². The molecule has 10 nitrogen and oxygen atoms in total. The van der Waals surface area contributed by atoms with E-state index in [-0.39, 0.29) is 17.2 Å². The van der Waals surface area contributed by atoms with Gasteiger partial charge in [0.25, 0.3) is 5.56 Å². The average molecular weight is 537 g/mol. The Morgan fingerprint density at radius 1 is 0.900 bits per heavy atom. The van der Waals surface area contributed by atoms with Crippen LogP contribution >= 0.6 is 0 Å². The lowest BCUT2D eigenvalue weighted by atomic mass is 9.88. The van der Waals surface area contributed by atoms with Crippen LogP contribution in [0.4, 0.5) is 0 Å². The molecule has 1 N–H and O–H groups in total. The standard InChI is InChI=1S/C30H32N8O2/c1-36-29(39)25-28(38(30(36)40)18-19-11-12-19)31-27(22-7-3-2-4-8-22)37(25)17-20-13-15-21(16-14-20)23-9-5-6-10-24(23)26-32-34-35-33-26/h5-6,9-10,13-16,19,22H,2-4,7-8,11-12,17-18H2,1H3,(H,32,33,34,35). The van der Waals surface area contributed by atoms with Crippen LogP contribution in [0.25, 0.3) is 33.7 Å². The molecular formula is C30H32N8O2. The Labute approximate surface area is 230 Å². The van der Waals surface area contributed by atoms with Crippen molar-refractivity contribution in [2.45, 2.75) is 64.0 Å². The molecule has 3 aromatic heterocycles. The van der Waals surface area contributed by atoms with Crippen molar-refractivity contribution in [1.29, 1.82) is 0 Å². The minimum Gasteiger partial charge on any atom is -0.317 e. The van der Waals surface area contributed by atoms with E-state index in [4.69, 9.17) is 4.98 Å². The number of aromatic amines is 1. The van der Waals surface area contributed by atoms with Crippen LogP contribution in [0.15, 0.2) is 58.1 Å². The van der Waals surface area contributed by atoms with Gasteiger partial charge in [-0.05, 0) is 53.5 Å². The molecule has 0 radical (unpaired) electrons. The van der Waals surface area contributed by atoms with Crippen molar-refractivity contribution < 1.29 is 0 Å². The third-order valence-corrected chi connectivity index (χ3v) is 8.49. The van der Waals surface area contributed by atoms with Gasteiger partial charge in [0.15, 0.2) is 11.2 Å². The molecule has 2 aliphatic carbocycles. The molecule has 2 fully saturated rings. The SMILES string of the molecule is Cn1c(=O)c2c(nc(C3CCCCC3)n2Cc2ccc(-c3ccccc3-c3nn[nH]n3)cc2)n(CC2CC2)c1=O. The number of hydrogen-bond donors (Lipinski definition) is 1. The topological polar surface area (TPSA) is 116 Å². The number of aromatic nitrogens is 8. The lowest BCUT2D eigenvalue weighted by Gasteiger charge is -2.22. The molecule has 10 heteroatoms. The smallest absolute Gasteiger partial charge is 0.317 e. The maximum atomic E-state index is 13.6. The fourth-order valence-corrected chi connectivity index (χ4v) is 6.11. The summed E-state index contributed by atoms with van der Waals surface area (Å²) in [7, 11) is 1.58. The van der Waals surface area contributed by atoms with Gasteiger partial charge in [0.05, 0.1) is 0 Å². The van der Waals surface area contributed by atoms with E-state index >= 15 is 0 Å². The zero-order valence-electron chi connectivity index (χ0n) is 22.6. The maximum absolute atomic E-state index is 13.6. The molecule has 0 saturated heterocycles. The monoisotopic (exact) mass is 536 g/mol. The van der Waals surface area contributed by atoms with Gasteiger partial charge in [-0.25, -0.2) is 9.78 Å². The number of H-pyrrole nitrogens is 1. The number of hydrogen-bond acceptors (Lipinski definition) is 6. The summed E-state index contributed by atoms with van der Waals surface area (Å²) < 4.78 is 5.10. The van der Waals surface area contributed by atoms with E-state index < -0.39 is 0 Å². The van der Waals surface area contributed by atoms with E-state index in [9.17, 15) is 9.59 Å². The van der Waals surface area contributed by atoms with Crippen LogP contribution in [0.3, 0.4) is 0 Å². The molecule has 2 aliphatic rings. The van der Waals surface area contributed by atoms with Crippen molar-refractivity contribution in [3.63, 3.8) is 0 Å². The molecular weight excluding hydrogens is 504 g/mol. The van der Waals surface area contributed by atoms with Gasteiger partial charge in [-0.15, -0.1) is 10.2 Å². The van der Waals surface area contributed by atoms with E-state index in [0.717, 1.165) is 66.6 Å². The second kappa shape index (κ2) is 10.0. The molecule has 40 heavy (non-hydrogen) atoms. The summed E-state index contributed by atoms with van der Waals surface area (Å²) >= 11 is 0. The Morgan fingerprint density at radius 3 is 2.35 bits per heavy atom. The second-order valence-electron chi connectivity index (χ2n) is 11.2. The average Bonchev–Trinajstić information content (AvgIpc) is 3.49. The Bertz CT molecular complexity index is 1790. The van der Waals surface area contributed by atoms with Gasteiger partial charge < -0.3 is 4.57 Å².